The summed E-state index contributed by atoms with van der Waals surface area (Å²) >= 11 is 0. The molecule has 8 heteroatoms. The highest BCUT2D eigenvalue weighted by Gasteiger charge is 2.24. The van der Waals surface area contributed by atoms with Gasteiger partial charge in [0.25, 0.3) is 0 Å². The van der Waals surface area contributed by atoms with Gasteiger partial charge in [-0.05, 0) is 36.8 Å². The number of hydrogen-bond acceptors (Lipinski definition) is 5. The molecule has 1 atom stereocenters. The third-order valence-corrected chi connectivity index (χ3v) is 4.61. The Morgan fingerprint density at radius 1 is 1.30 bits per heavy atom. The summed E-state index contributed by atoms with van der Waals surface area (Å²) < 4.78 is 13.3. The van der Waals surface area contributed by atoms with E-state index >= 15 is 0 Å². The van der Waals surface area contributed by atoms with Gasteiger partial charge in [-0.25, -0.2) is 14.2 Å². The van der Waals surface area contributed by atoms with E-state index in [9.17, 15) is 9.18 Å². The lowest BCUT2D eigenvalue weighted by atomic mass is 10.1. The second kappa shape index (κ2) is 7.14. The van der Waals surface area contributed by atoms with E-state index in [0.717, 1.165) is 11.4 Å². The minimum atomic E-state index is -0.794. The first kappa shape index (κ1) is 17.1. The van der Waals surface area contributed by atoms with Crippen LogP contribution >= 0.6 is 0 Å². The Labute approximate surface area is 156 Å². The SMILES string of the molecule is NC(=CC1=NC(=O)N(c2cccnc2)C1)c1ccc(N2CC[C@H](F)C2)nc1. The van der Waals surface area contributed by atoms with Crippen LogP contribution in [0.3, 0.4) is 0 Å². The van der Waals surface area contributed by atoms with Gasteiger partial charge in [-0.1, -0.05) is 0 Å². The van der Waals surface area contributed by atoms with Crippen molar-refractivity contribution >= 4 is 28.9 Å². The van der Waals surface area contributed by atoms with Crippen molar-refractivity contribution in [2.24, 2.45) is 10.7 Å². The van der Waals surface area contributed by atoms with Crippen molar-refractivity contribution in [3.05, 3.63) is 54.5 Å². The maximum absolute atomic E-state index is 13.3. The molecule has 0 unspecified atom stereocenters. The predicted molar refractivity (Wildman–Crippen MR) is 103 cm³/mol. The summed E-state index contributed by atoms with van der Waals surface area (Å²) in [7, 11) is 0. The first-order chi connectivity index (χ1) is 13.1. The average Bonchev–Trinajstić information content (AvgIpc) is 3.28. The summed E-state index contributed by atoms with van der Waals surface area (Å²) in [6.07, 6.45) is 6.34. The van der Waals surface area contributed by atoms with E-state index in [0.29, 0.717) is 43.2 Å². The van der Waals surface area contributed by atoms with Gasteiger partial charge in [0.1, 0.15) is 12.0 Å². The topological polar surface area (TPSA) is 87.7 Å². The molecule has 2 N–H and O–H groups in total. The summed E-state index contributed by atoms with van der Waals surface area (Å²) in [6, 6.07) is 6.90. The Morgan fingerprint density at radius 3 is 2.85 bits per heavy atom. The zero-order valence-electron chi connectivity index (χ0n) is 14.6. The van der Waals surface area contributed by atoms with Crippen LogP contribution < -0.4 is 15.5 Å². The number of pyridine rings is 2. The summed E-state index contributed by atoms with van der Waals surface area (Å²) in [5.74, 6) is 0.739. The number of nitrogens with two attached hydrogens (primary N) is 1. The Morgan fingerprint density at radius 2 is 2.19 bits per heavy atom. The van der Waals surface area contributed by atoms with Crippen molar-refractivity contribution in [3.8, 4) is 0 Å². The fourth-order valence-corrected chi connectivity index (χ4v) is 3.17. The predicted octanol–water partition coefficient (Wildman–Crippen LogP) is 2.41. The number of rotatable bonds is 4. The molecule has 0 aromatic carbocycles. The normalized spacial score (nSPS) is 20.3. The number of anilines is 2. The van der Waals surface area contributed by atoms with Crippen LogP contribution in [-0.2, 0) is 0 Å². The number of aliphatic imine (C=N–C) groups is 1. The molecule has 0 saturated carbocycles. The van der Waals surface area contributed by atoms with Gasteiger partial charge in [-0.3, -0.25) is 9.88 Å². The molecule has 1 fully saturated rings. The summed E-state index contributed by atoms with van der Waals surface area (Å²) in [5.41, 5.74) is 8.62. The number of halogens is 1. The van der Waals surface area contributed by atoms with Crippen molar-refractivity contribution in [2.75, 3.05) is 29.4 Å². The molecule has 2 aromatic rings. The van der Waals surface area contributed by atoms with Crippen LogP contribution in [0.4, 0.5) is 20.7 Å². The van der Waals surface area contributed by atoms with Gasteiger partial charge >= 0.3 is 6.03 Å². The molecular formula is C19H19FN6O. The van der Waals surface area contributed by atoms with Gasteiger partial charge in [-0.15, -0.1) is 0 Å². The smallest absolute Gasteiger partial charge is 0.348 e. The molecular weight excluding hydrogens is 347 g/mol. The van der Waals surface area contributed by atoms with Gasteiger partial charge in [0.2, 0.25) is 0 Å². The third kappa shape index (κ3) is 3.64. The first-order valence-corrected chi connectivity index (χ1v) is 8.72. The minimum absolute atomic E-state index is 0.336. The van der Waals surface area contributed by atoms with Crippen molar-refractivity contribution in [1.29, 1.82) is 0 Å². The van der Waals surface area contributed by atoms with Gasteiger partial charge in [-0.2, -0.15) is 4.99 Å². The lowest BCUT2D eigenvalue weighted by Gasteiger charge is -2.16. The van der Waals surface area contributed by atoms with Crippen LogP contribution in [0, 0.1) is 0 Å². The van der Waals surface area contributed by atoms with E-state index in [-0.39, 0.29) is 6.03 Å². The van der Waals surface area contributed by atoms with Crippen molar-refractivity contribution in [1.82, 2.24) is 9.97 Å². The van der Waals surface area contributed by atoms with E-state index in [1.165, 1.54) is 4.90 Å². The molecule has 2 aromatic heterocycles. The molecule has 4 heterocycles. The second-order valence-electron chi connectivity index (χ2n) is 6.52. The molecule has 0 radical (unpaired) electrons. The average molecular weight is 366 g/mol. The highest BCUT2D eigenvalue weighted by atomic mass is 19.1. The van der Waals surface area contributed by atoms with Crippen LogP contribution in [0.15, 0.2) is 53.9 Å². The van der Waals surface area contributed by atoms with Gasteiger partial charge in [0.15, 0.2) is 0 Å². The molecule has 0 bridgehead atoms. The number of carbonyl (C=O) groups excluding carboxylic acids is 1. The molecule has 2 amide bonds. The fourth-order valence-electron chi connectivity index (χ4n) is 3.17. The number of urea groups is 1. The Balaban J connectivity index is 1.46. The summed E-state index contributed by atoms with van der Waals surface area (Å²) in [6.45, 7) is 1.38. The lowest BCUT2D eigenvalue weighted by Crippen LogP contribution is -2.25. The molecule has 7 nitrogen and oxygen atoms in total. The number of carbonyl (C=O) groups is 1. The van der Waals surface area contributed by atoms with Crippen LogP contribution in [0.5, 0.6) is 0 Å². The number of hydrogen-bond donors (Lipinski definition) is 1. The number of nitrogens with zero attached hydrogens (tertiary/aromatic N) is 5. The fraction of sp³-hybridized carbons (Fsp3) is 0.263. The van der Waals surface area contributed by atoms with E-state index in [2.05, 4.69) is 15.0 Å². The van der Waals surface area contributed by atoms with Crippen molar-refractivity contribution in [3.63, 3.8) is 0 Å². The van der Waals surface area contributed by atoms with Crippen molar-refractivity contribution in [2.45, 2.75) is 12.6 Å². The Bertz CT molecular complexity index is 896. The number of alkyl halides is 1. The van der Waals surface area contributed by atoms with Crippen molar-refractivity contribution < 1.29 is 9.18 Å². The maximum Gasteiger partial charge on any atom is 0.348 e. The highest BCUT2D eigenvalue weighted by Crippen LogP contribution is 2.22. The molecule has 2 aliphatic rings. The van der Waals surface area contributed by atoms with Crippen LogP contribution in [-0.4, -0.2) is 47.5 Å². The lowest BCUT2D eigenvalue weighted by molar-refractivity contribution is 0.256. The number of amides is 2. The summed E-state index contributed by atoms with van der Waals surface area (Å²) in [4.78, 5) is 28.0. The molecule has 0 aliphatic carbocycles. The quantitative estimate of drug-likeness (QED) is 0.898. The van der Waals surface area contributed by atoms with Gasteiger partial charge in [0, 0.05) is 30.2 Å². The van der Waals surface area contributed by atoms with Crippen LogP contribution in [0.25, 0.3) is 5.70 Å². The first-order valence-electron chi connectivity index (χ1n) is 8.72. The standard InChI is InChI=1S/C19H19FN6O/c20-14-5-7-25(11-14)18-4-3-13(9-23-18)17(21)8-15-12-26(19(27)24-15)16-2-1-6-22-10-16/h1-4,6,8-10,14H,5,7,11-12,21H2/t14-/m0/s1. The maximum atomic E-state index is 13.3. The molecule has 4 rings (SSSR count). The molecule has 1 saturated heterocycles. The second-order valence-corrected chi connectivity index (χ2v) is 6.52. The molecule has 0 spiro atoms. The van der Waals surface area contributed by atoms with Crippen LogP contribution in [0.1, 0.15) is 12.0 Å². The molecule has 138 valence electrons. The van der Waals surface area contributed by atoms with E-state index in [1.807, 2.05) is 17.0 Å². The Hall–Kier alpha value is -3.29. The zero-order chi connectivity index (χ0) is 18.8. The third-order valence-electron chi connectivity index (χ3n) is 4.61. The molecule has 2 aliphatic heterocycles. The van der Waals surface area contributed by atoms with Gasteiger partial charge in [0.05, 0.1) is 30.7 Å². The Kier molecular flexibility index (Phi) is 4.53. The van der Waals surface area contributed by atoms with E-state index in [4.69, 9.17) is 5.73 Å². The zero-order valence-corrected chi connectivity index (χ0v) is 14.6. The molecule has 27 heavy (non-hydrogen) atoms. The summed E-state index contributed by atoms with van der Waals surface area (Å²) in [5, 5.41) is 0. The highest BCUT2D eigenvalue weighted by molar-refractivity contribution is 6.17. The number of aromatic nitrogens is 2. The monoisotopic (exact) mass is 366 g/mol. The van der Waals surface area contributed by atoms with Crippen LogP contribution in [0.2, 0.25) is 0 Å². The van der Waals surface area contributed by atoms with E-state index in [1.54, 1.807) is 36.8 Å². The van der Waals surface area contributed by atoms with Gasteiger partial charge < -0.3 is 10.6 Å². The minimum Gasteiger partial charge on any atom is -0.398 e. The van der Waals surface area contributed by atoms with E-state index < -0.39 is 6.17 Å². The largest absolute Gasteiger partial charge is 0.398 e.